The lowest BCUT2D eigenvalue weighted by molar-refractivity contribution is -0.129. The Morgan fingerprint density at radius 2 is 2.00 bits per heavy atom. The van der Waals surface area contributed by atoms with E-state index < -0.39 is 0 Å². The Kier molecular flexibility index (Phi) is 5.18. The van der Waals surface area contributed by atoms with Crippen LogP contribution in [0.2, 0.25) is 0 Å². The molecule has 1 saturated heterocycles. The second kappa shape index (κ2) is 6.89. The molecule has 0 aromatic heterocycles. The zero-order valence-corrected chi connectivity index (χ0v) is 12.7. The molecule has 1 heterocycles. The van der Waals surface area contributed by atoms with Crippen LogP contribution in [0.25, 0.3) is 0 Å². The summed E-state index contributed by atoms with van der Waals surface area (Å²) in [5.74, 6) is 1.28. The molecule has 0 N–H and O–H groups in total. The van der Waals surface area contributed by atoms with Crippen molar-refractivity contribution in [2.24, 2.45) is 11.8 Å². The minimum Gasteiger partial charge on any atom is -0.384 e. The molecule has 1 aliphatic heterocycles. The zero-order valence-electron chi connectivity index (χ0n) is 12.7. The van der Waals surface area contributed by atoms with Crippen LogP contribution in [0, 0.1) is 11.8 Å². The van der Waals surface area contributed by atoms with E-state index in [1.54, 1.807) is 7.11 Å². The number of rotatable bonds is 6. The van der Waals surface area contributed by atoms with Gasteiger partial charge >= 0.3 is 0 Å². The Hall–Kier alpha value is -1.35. The van der Waals surface area contributed by atoms with Crippen LogP contribution in [0.15, 0.2) is 30.3 Å². The van der Waals surface area contributed by atoms with Gasteiger partial charge in [0.15, 0.2) is 0 Å². The quantitative estimate of drug-likeness (QED) is 0.797. The number of hydrogen-bond acceptors (Lipinski definition) is 2. The van der Waals surface area contributed by atoms with Crippen molar-refractivity contribution in [3.8, 4) is 0 Å². The summed E-state index contributed by atoms with van der Waals surface area (Å²) in [5, 5.41) is 0. The summed E-state index contributed by atoms with van der Waals surface area (Å²) in [6.07, 6.45) is 1.75. The molecule has 20 heavy (non-hydrogen) atoms. The molecule has 3 atom stereocenters. The summed E-state index contributed by atoms with van der Waals surface area (Å²) in [6, 6.07) is 10.4. The zero-order chi connectivity index (χ0) is 14.5. The van der Waals surface area contributed by atoms with Crippen LogP contribution in [0.4, 0.5) is 0 Å². The molecule has 0 bridgehead atoms. The van der Waals surface area contributed by atoms with Crippen molar-refractivity contribution in [3.63, 3.8) is 0 Å². The summed E-state index contributed by atoms with van der Waals surface area (Å²) < 4.78 is 5.19. The SMILES string of the molecule is COCC(C)C[C@H]1CC(=O)N([C@@H](C)c2ccccc2)C1. The van der Waals surface area contributed by atoms with Crippen molar-refractivity contribution in [2.45, 2.75) is 32.7 Å². The van der Waals surface area contributed by atoms with Gasteiger partial charge in [-0.25, -0.2) is 0 Å². The van der Waals surface area contributed by atoms with E-state index in [4.69, 9.17) is 4.74 Å². The third-order valence-corrected chi connectivity index (χ3v) is 4.17. The predicted molar refractivity (Wildman–Crippen MR) is 80.3 cm³/mol. The Morgan fingerprint density at radius 3 is 2.65 bits per heavy atom. The number of benzene rings is 1. The van der Waals surface area contributed by atoms with E-state index in [1.807, 2.05) is 23.1 Å². The van der Waals surface area contributed by atoms with Crippen LogP contribution in [0.5, 0.6) is 0 Å². The number of amides is 1. The molecule has 0 radical (unpaired) electrons. The van der Waals surface area contributed by atoms with Gasteiger partial charge in [-0.15, -0.1) is 0 Å². The second-order valence-corrected chi connectivity index (χ2v) is 6.00. The van der Waals surface area contributed by atoms with Gasteiger partial charge in [-0.1, -0.05) is 37.3 Å². The molecule has 1 aromatic rings. The molecular weight excluding hydrogens is 250 g/mol. The summed E-state index contributed by atoms with van der Waals surface area (Å²) >= 11 is 0. The first-order valence-electron chi connectivity index (χ1n) is 7.45. The smallest absolute Gasteiger partial charge is 0.223 e. The topological polar surface area (TPSA) is 29.5 Å². The van der Waals surface area contributed by atoms with E-state index in [1.165, 1.54) is 5.56 Å². The number of carbonyl (C=O) groups excluding carboxylic acids is 1. The monoisotopic (exact) mass is 275 g/mol. The molecule has 1 unspecified atom stereocenters. The van der Waals surface area contributed by atoms with Crippen molar-refractivity contribution < 1.29 is 9.53 Å². The highest BCUT2D eigenvalue weighted by Crippen LogP contribution is 2.31. The highest BCUT2D eigenvalue weighted by Gasteiger charge is 2.33. The molecule has 0 saturated carbocycles. The normalized spacial score (nSPS) is 22.1. The maximum atomic E-state index is 12.2. The van der Waals surface area contributed by atoms with Gasteiger partial charge in [0.2, 0.25) is 5.91 Å². The number of nitrogens with zero attached hydrogens (tertiary/aromatic N) is 1. The molecule has 0 spiro atoms. The Balaban J connectivity index is 1.95. The van der Waals surface area contributed by atoms with E-state index in [2.05, 4.69) is 26.0 Å². The molecule has 1 aliphatic rings. The van der Waals surface area contributed by atoms with E-state index in [0.29, 0.717) is 18.3 Å². The third-order valence-electron chi connectivity index (χ3n) is 4.17. The molecular formula is C17H25NO2. The van der Waals surface area contributed by atoms with Gasteiger partial charge in [0.1, 0.15) is 0 Å². The molecule has 110 valence electrons. The standard InChI is InChI=1S/C17H25NO2/c1-13(12-20-3)9-15-10-17(19)18(11-15)14(2)16-7-5-4-6-8-16/h4-8,13-15H,9-12H2,1-3H3/t13?,14-,15-/m0/s1. The lowest BCUT2D eigenvalue weighted by Crippen LogP contribution is -2.28. The maximum Gasteiger partial charge on any atom is 0.223 e. The van der Waals surface area contributed by atoms with Gasteiger partial charge in [-0.05, 0) is 30.7 Å². The van der Waals surface area contributed by atoms with E-state index >= 15 is 0 Å². The summed E-state index contributed by atoms with van der Waals surface area (Å²) in [4.78, 5) is 14.3. The Morgan fingerprint density at radius 1 is 1.30 bits per heavy atom. The molecule has 2 rings (SSSR count). The van der Waals surface area contributed by atoms with Gasteiger partial charge in [-0.3, -0.25) is 4.79 Å². The average Bonchev–Trinajstić information content (AvgIpc) is 2.80. The van der Waals surface area contributed by atoms with Crippen molar-refractivity contribution in [2.75, 3.05) is 20.3 Å². The lowest BCUT2D eigenvalue weighted by Gasteiger charge is -2.25. The molecule has 3 nitrogen and oxygen atoms in total. The van der Waals surface area contributed by atoms with Crippen molar-refractivity contribution >= 4 is 5.91 Å². The van der Waals surface area contributed by atoms with Gasteiger partial charge in [0.25, 0.3) is 0 Å². The Bertz CT molecular complexity index is 432. The number of methoxy groups -OCH3 is 1. The number of ether oxygens (including phenoxy) is 1. The second-order valence-electron chi connectivity index (χ2n) is 6.00. The average molecular weight is 275 g/mol. The number of likely N-dealkylation sites (tertiary alicyclic amines) is 1. The molecule has 1 aromatic carbocycles. The molecule has 1 amide bonds. The highest BCUT2D eigenvalue weighted by molar-refractivity contribution is 5.79. The largest absolute Gasteiger partial charge is 0.384 e. The fourth-order valence-electron chi connectivity index (χ4n) is 3.17. The van der Waals surface area contributed by atoms with Gasteiger partial charge < -0.3 is 9.64 Å². The maximum absolute atomic E-state index is 12.2. The molecule has 1 fully saturated rings. The first kappa shape index (κ1) is 15.0. The van der Waals surface area contributed by atoms with Gasteiger partial charge in [-0.2, -0.15) is 0 Å². The van der Waals surface area contributed by atoms with Crippen molar-refractivity contribution in [1.82, 2.24) is 4.90 Å². The van der Waals surface area contributed by atoms with Crippen molar-refractivity contribution in [1.29, 1.82) is 0 Å². The summed E-state index contributed by atoms with van der Waals surface area (Å²) in [5.41, 5.74) is 1.21. The van der Waals surface area contributed by atoms with Crippen molar-refractivity contribution in [3.05, 3.63) is 35.9 Å². The highest BCUT2D eigenvalue weighted by atomic mass is 16.5. The number of hydrogen-bond donors (Lipinski definition) is 0. The van der Waals surface area contributed by atoms with E-state index in [9.17, 15) is 4.79 Å². The Labute approximate surface area is 121 Å². The lowest BCUT2D eigenvalue weighted by atomic mass is 9.95. The van der Waals surface area contributed by atoms with Gasteiger partial charge in [0.05, 0.1) is 6.04 Å². The third kappa shape index (κ3) is 3.60. The first-order valence-corrected chi connectivity index (χ1v) is 7.45. The van der Waals surface area contributed by atoms with E-state index in [0.717, 1.165) is 19.6 Å². The summed E-state index contributed by atoms with van der Waals surface area (Å²) in [6.45, 7) is 5.97. The van der Waals surface area contributed by atoms with Crippen LogP contribution >= 0.6 is 0 Å². The minimum absolute atomic E-state index is 0.173. The van der Waals surface area contributed by atoms with Crippen LogP contribution in [-0.2, 0) is 9.53 Å². The van der Waals surface area contributed by atoms with Crippen LogP contribution in [-0.4, -0.2) is 31.1 Å². The fourth-order valence-corrected chi connectivity index (χ4v) is 3.17. The fraction of sp³-hybridized carbons (Fsp3) is 0.588. The van der Waals surface area contributed by atoms with Crippen LogP contribution < -0.4 is 0 Å². The molecule has 3 heteroatoms. The van der Waals surface area contributed by atoms with Crippen LogP contribution in [0.1, 0.15) is 38.3 Å². The van der Waals surface area contributed by atoms with Gasteiger partial charge in [0, 0.05) is 26.7 Å². The minimum atomic E-state index is 0.173. The summed E-state index contributed by atoms with van der Waals surface area (Å²) in [7, 11) is 1.74. The predicted octanol–water partition coefficient (Wildman–Crippen LogP) is 3.27. The number of carbonyl (C=O) groups is 1. The van der Waals surface area contributed by atoms with E-state index in [-0.39, 0.29) is 11.9 Å². The van der Waals surface area contributed by atoms with Crippen LogP contribution in [0.3, 0.4) is 0 Å². The first-order chi connectivity index (χ1) is 9.61. The molecule has 0 aliphatic carbocycles.